The number of benzene rings is 1. The lowest BCUT2D eigenvalue weighted by atomic mass is 10.1. The summed E-state index contributed by atoms with van der Waals surface area (Å²) in [4.78, 5) is 23.3. The summed E-state index contributed by atoms with van der Waals surface area (Å²) < 4.78 is 17.1. The van der Waals surface area contributed by atoms with Gasteiger partial charge in [0.05, 0.1) is 29.2 Å². The fourth-order valence-electron chi connectivity index (χ4n) is 4.13. The number of pyridine rings is 2. The van der Waals surface area contributed by atoms with Crippen LogP contribution >= 0.6 is 0 Å². The fourth-order valence-corrected chi connectivity index (χ4v) is 4.13. The van der Waals surface area contributed by atoms with Gasteiger partial charge < -0.3 is 9.91 Å². The van der Waals surface area contributed by atoms with Crippen LogP contribution in [0.15, 0.2) is 73.3 Å². The number of hydrogen-bond donors (Lipinski definition) is 1. The lowest BCUT2D eigenvalue weighted by Crippen LogP contribution is -2.30. The quantitative estimate of drug-likeness (QED) is 0.489. The molecule has 1 aromatic carbocycles. The molecule has 1 unspecified atom stereocenters. The molecule has 172 valence electrons. The fraction of sp³-hybridized carbons (Fsp3) is 0.192. The summed E-state index contributed by atoms with van der Waals surface area (Å²) >= 11 is 0. The molecule has 0 fully saturated rings. The Bertz CT molecular complexity index is 1400. The van der Waals surface area contributed by atoms with E-state index in [0.717, 1.165) is 34.7 Å². The first-order chi connectivity index (χ1) is 16.4. The number of nitrogens with zero attached hydrogens (tertiary/aromatic N) is 5. The molecular formula is C26H25FN6O. The van der Waals surface area contributed by atoms with Crippen molar-refractivity contribution >= 4 is 17.1 Å². The molecule has 0 saturated carbocycles. The van der Waals surface area contributed by atoms with E-state index >= 15 is 4.39 Å². The van der Waals surface area contributed by atoms with E-state index in [-0.39, 0.29) is 11.6 Å². The van der Waals surface area contributed by atoms with Crippen molar-refractivity contribution in [2.45, 2.75) is 13.0 Å². The molecular weight excluding hydrogens is 431 g/mol. The Balaban J connectivity index is 1.44. The zero-order valence-corrected chi connectivity index (χ0v) is 19.2. The number of carbonyl (C=O) groups is 1. The molecule has 0 spiro atoms. The molecule has 7 nitrogen and oxygen atoms in total. The third kappa shape index (κ3) is 3.92. The van der Waals surface area contributed by atoms with E-state index in [9.17, 15) is 4.79 Å². The van der Waals surface area contributed by atoms with Crippen molar-refractivity contribution in [3.8, 4) is 11.3 Å². The largest absolute Gasteiger partial charge is 0.333 e. The van der Waals surface area contributed by atoms with Crippen molar-refractivity contribution < 1.29 is 9.18 Å². The number of aromatic nitrogens is 3. The summed E-state index contributed by atoms with van der Waals surface area (Å²) in [6, 6.07) is 13.9. The summed E-state index contributed by atoms with van der Waals surface area (Å²) in [7, 11) is 3.61. The highest BCUT2D eigenvalue weighted by Gasteiger charge is 2.23. The number of rotatable bonds is 5. The number of hydrazine groups is 1. The molecule has 1 aliphatic heterocycles. The minimum absolute atomic E-state index is 0.0220. The Morgan fingerprint density at radius 3 is 2.68 bits per heavy atom. The van der Waals surface area contributed by atoms with Crippen LogP contribution in [0, 0.1) is 5.82 Å². The van der Waals surface area contributed by atoms with Crippen LogP contribution in [-0.2, 0) is 0 Å². The van der Waals surface area contributed by atoms with Crippen molar-refractivity contribution in [1.29, 1.82) is 0 Å². The highest BCUT2D eigenvalue weighted by molar-refractivity contribution is 5.95. The van der Waals surface area contributed by atoms with E-state index < -0.39 is 11.7 Å². The number of fused-ring (bicyclic) bond motifs is 1. The van der Waals surface area contributed by atoms with Gasteiger partial charge in [0.15, 0.2) is 0 Å². The van der Waals surface area contributed by atoms with Gasteiger partial charge in [-0.2, -0.15) is 0 Å². The van der Waals surface area contributed by atoms with Crippen molar-refractivity contribution in [3.63, 3.8) is 0 Å². The molecule has 1 amide bonds. The molecule has 34 heavy (non-hydrogen) atoms. The monoisotopic (exact) mass is 456 g/mol. The number of imidazole rings is 1. The van der Waals surface area contributed by atoms with E-state index in [0.29, 0.717) is 5.56 Å². The Kier molecular flexibility index (Phi) is 5.59. The lowest BCUT2D eigenvalue weighted by Gasteiger charge is -2.24. The number of hydrogen-bond acceptors (Lipinski definition) is 5. The summed E-state index contributed by atoms with van der Waals surface area (Å²) in [5.41, 5.74) is 8.38. The number of halogens is 1. The molecule has 0 aliphatic carbocycles. The van der Waals surface area contributed by atoms with Gasteiger partial charge in [-0.3, -0.25) is 14.2 Å². The summed E-state index contributed by atoms with van der Waals surface area (Å²) in [5, 5.41) is 1.92. The second kappa shape index (κ2) is 8.72. The SMILES string of the molecule is CC(c1ccccn1)N(C)C(=O)c1ccc(-c2cnc3ccc(C4=CN(C)NC4)cn23)cc1F. The predicted octanol–water partition coefficient (Wildman–Crippen LogP) is 4.16. The van der Waals surface area contributed by atoms with Crippen LogP contribution in [0.2, 0.25) is 0 Å². The van der Waals surface area contributed by atoms with Crippen molar-refractivity contribution in [1.82, 2.24) is 29.7 Å². The first kappa shape index (κ1) is 21.8. The zero-order valence-electron chi connectivity index (χ0n) is 19.2. The standard InChI is InChI=1S/C26H25FN6O/c1-17(23-6-4-5-11-28-23)32(3)26(34)21-9-7-18(12-22(21)27)24-14-29-25-10-8-19(16-33(24)25)20-13-30-31(2)15-20/h4-12,14-17,30H,13H2,1-3H3. The molecule has 1 aliphatic rings. The lowest BCUT2D eigenvalue weighted by molar-refractivity contribution is 0.0735. The number of carbonyl (C=O) groups excluding carboxylic acids is 1. The van der Waals surface area contributed by atoms with Crippen molar-refractivity contribution in [2.75, 3.05) is 20.6 Å². The van der Waals surface area contributed by atoms with E-state index in [4.69, 9.17) is 0 Å². The van der Waals surface area contributed by atoms with Gasteiger partial charge in [0.2, 0.25) is 0 Å². The van der Waals surface area contributed by atoms with Gasteiger partial charge in [0.25, 0.3) is 5.91 Å². The van der Waals surface area contributed by atoms with Gasteiger partial charge in [-0.25, -0.2) is 14.8 Å². The first-order valence-corrected chi connectivity index (χ1v) is 11.0. The summed E-state index contributed by atoms with van der Waals surface area (Å²) in [6.07, 6.45) is 7.45. The smallest absolute Gasteiger partial charge is 0.257 e. The highest BCUT2D eigenvalue weighted by atomic mass is 19.1. The molecule has 0 saturated heterocycles. The van der Waals surface area contributed by atoms with Crippen LogP contribution in [0.3, 0.4) is 0 Å². The maximum Gasteiger partial charge on any atom is 0.257 e. The van der Waals surface area contributed by atoms with E-state index in [2.05, 4.69) is 15.4 Å². The van der Waals surface area contributed by atoms with Gasteiger partial charge in [-0.1, -0.05) is 12.1 Å². The summed E-state index contributed by atoms with van der Waals surface area (Å²) in [5.74, 6) is -0.967. The molecule has 3 aromatic heterocycles. The third-order valence-electron chi connectivity index (χ3n) is 6.26. The molecule has 0 bridgehead atoms. The topological polar surface area (TPSA) is 65.8 Å². The van der Waals surface area contributed by atoms with E-state index in [1.165, 1.54) is 17.0 Å². The second-order valence-corrected chi connectivity index (χ2v) is 8.43. The average Bonchev–Trinajstić information content (AvgIpc) is 3.49. The minimum Gasteiger partial charge on any atom is -0.333 e. The van der Waals surface area contributed by atoms with Gasteiger partial charge >= 0.3 is 0 Å². The maximum absolute atomic E-state index is 15.2. The van der Waals surface area contributed by atoms with Crippen molar-refractivity contribution in [2.24, 2.45) is 0 Å². The molecule has 1 N–H and O–H groups in total. The van der Waals surface area contributed by atoms with Crippen LogP contribution in [0.25, 0.3) is 22.5 Å². The molecule has 4 heterocycles. The zero-order chi connectivity index (χ0) is 23.8. The average molecular weight is 457 g/mol. The van der Waals surface area contributed by atoms with Crippen LogP contribution in [-0.4, -0.2) is 50.8 Å². The van der Waals surface area contributed by atoms with Gasteiger partial charge in [-0.15, -0.1) is 0 Å². The van der Waals surface area contributed by atoms with Crippen LogP contribution in [0.4, 0.5) is 4.39 Å². The third-order valence-corrected chi connectivity index (χ3v) is 6.26. The number of nitrogens with one attached hydrogen (secondary N) is 1. The first-order valence-electron chi connectivity index (χ1n) is 11.0. The van der Waals surface area contributed by atoms with Gasteiger partial charge in [0.1, 0.15) is 11.5 Å². The summed E-state index contributed by atoms with van der Waals surface area (Å²) in [6.45, 7) is 2.61. The molecule has 8 heteroatoms. The highest BCUT2D eigenvalue weighted by Crippen LogP contribution is 2.27. The van der Waals surface area contributed by atoms with E-state index in [1.807, 2.05) is 66.1 Å². The van der Waals surface area contributed by atoms with Crippen LogP contribution in [0.5, 0.6) is 0 Å². The minimum atomic E-state index is -0.571. The van der Waals surface area contributed by atoms with Crippen LogP contribution in [0.1, 0.15) is 34.6 Å². The maximum atomic E-state index is 15.2. The molecule has 4 aromatic rings. The second-order valence-electron chi connectivity index (χ2n) is 8.43. The Morgan fingerprint density at radius 1 is 1.15 bits per heavy atom. The van der Waals surface area contributed by atoms with Crippen LogP contribution < -0.4 is 5.43 Å². The number of amides is 1. The predicted molar refractivity (Wildman–Crippen MR) is 129 cm³/mol. The van der Waals surface area contributed by atoms with Gasteiger partial charge in [-0.05, 0) is 54.5 Å². The molecule has 0 radical (unpaired) electrons. The van der Waals surface area contributed by atoms with E-state index in [1.54, 1.807) is 25.5 Å². The Morgan fingerprint density at radius 2 is 1.97 bits per heavy atom. The van der Waals surface area contributed by atoms with Crippen molar-refractivity contribution in [3.05, 3.63) is 96.0 Å². The molecule has 5 rings (SSSR count). The normalized spacial score (nSPS) is 14.4. The van der Waals surface area contributed by atoms with Gasteiger partial charge in [0, 0.05) is 44.8 Å². The Hall–Kier alpha value is -4.04. The molecule has 1 atom stereocenters. The Labute approximate surface area is 197 Å².